The number of thiazole rings is 1. The molecule has 48 heavy (non-hydrogen) atoms. The van der Waals surface area contributed by atoms with E-state index in [4.69, 9.17) is 23.9 Å². The number of rotatable bonds is 9. The van der Waals surface area contributed by atoms with Gasteiger partial charge >= 0.3 is 11.9 Å². The fourth-order valence-electron chi connectivity index (χ4n) is 5.62. The molecule has 11 heteroatoms. The van der Waals surface area contributed by atoms with Crippen molar-refractivity contribution >= 4 is 35.0 Å². The molecule has 0 saturated carbocycles. The molecule has 5 aromatic rings. The lowest BCUT2D eigenvalue weighted by Crippen LogP contribution is -2.40. The fourth-order valence-corrected chi connectivity index (χ4v) is 6.61. The summed E-state index contributed by atoms with van der Waals surface area (Å²) in [5.74, 6) is 0.0490. The zero-order chi connectivity index (χ0) is 33.2. The second-order valence-electron chi connectivity index (χ2n) is 10.9. The van der Waals surface area contributed by atoms with Gasteiger partial charge in [-0.1, -0.05) is 78.1 Å². The van der Waals surface area contributed by atoms with E-state index in [1.165, 1.54) is 28.0 Å². The predicted octanol–water partition coefficient (Wildman–Crippen LogP) is 4.94. The Bertz CT molecular complexity index is 2260. The minimum Gasteiger partial charge on any atom is -0.488 e. The highest BCUT2D eigenvalue weighted by atomic mass is 32.1. The Kier molecular flexibility index (Phi) is 8.35. The fraction of sp³-hybridized carbons (Fsp3) is 0.135. The van der Waals surface area contributed by atoms with Crippen LogP contribution in [0.2, 0.25) is 0 Å². The number of benzene rings is 4. The van der Waals surface area contributed by atoms with Gasteiger partial charge in [0.05, 0.1) is 34.0 Å². The third kappa shape index (κ3) is 5.87. The highest BCUT2D eigenvalue weighted by Gasteiger charge is 2.36. The number of carbonyl (C=O) groups excluding carboxylic acids is 1. The van der Waals surface area contributed by atoms with Crippen molar-refractivity contribution < 1.29 is 33.6 Å². The van der Waals surface area contributed by atoms with Crippen molar-refractivity contribution in [3.8, 4) is 17.2 Å². The van der Waals surface area contributed by atoms with Crippen molar-refractivity contribution in [1.82, 2.24) is 4.57 Å². The van der Waals surface area contributed by atoms with E-state index in [0.29, 0.717) is 49.0 Å². The number of carboxylic acids is 1. The first-order valence-corrected chi connectivity index (χ1v) is 15.9. The summed E-state index contributed by atoms with van der Waals surface area (Å²) in [5, 5.41) is 9.20. The summed E-state index contributed by atoms with van der Waals surface area (Å²) in [6.07, 6.45) is 1.75. The van der Waals surface area contributed by atoms with Crippen LogP contribution in [0.25, 0.3) is 11.8 Å². The molecule has 1 atom stereocenters. The molecule has 1 N–H and O–H groups in total. The van der Waals surface area contributed by atoms with Crippen molar-refractivity contribution in [1.29, 1.82) is 0 Å². The molecule has 7 rings (SSSR count). The molecule has 1 aromatic heterocycles. The van der Waals surface area contributed by atoms with Crippen LogP contribution in [-0.2, 0) is 16.1 Å². The highest BCUT2D eigenvalue weighted by molar-refractivity contribution is 7.07. The molecule has 0 fully saturated rings. The van der Waals surface area contributed by atoms with Crippen LogP contribution < -0.4 is 29.1 Å². The van der Waals surface area contributed by atoms with Crippen LogP contribution in [0.3, 0.4) is 0 Å². The minimum absolute atomic E-state index is 0.0759. The Morgan fingerprint density at radius 2 is 1.73 bits per heavy atom. The molecule has 240 valence electrons. The topological polar surface area (TPSA) is 126 Å². The number of aromatic nitrogens is 1. The molecule has 0 saturated heterocycles. The Labute approximate surface area is 278 Å². The van der Waals surface area contributed by atoms with E-state index in [9.17, 15) is 19.5 Å². The van der Waals surface area contributed by atoms with Gasteiger partial charge in [0, 0.05) is 11.1 Å². The molecule has 0 radical (unpaired) electrons. The third-order valence-electron chi connectivity index (χ3n) is 7.89. The van der Waals surface area contributed by atoms with E-state index < -0.39 is 18.0 Å². The first-order chi connectivity index (χ1) is 23.4. The van der Waals surface area contributed by atoms with Crippen LogP contribution in [0.5, 0.6) is 17.2 Å². The van der Waals surface area contributed by atoms with E-state index in [-0.39, 0.29) is 36.7 Å². The van der Waals surface area contributed by atoms with Gasteiger partial charge in [0.2, 0.25) is 6.79 Å². The van der Waals surface area contributed by atoms with Crippen LogP contribution in [0.1, 0.15) is 45.6 Å². The van der Waals surface area contributed by atoms with E-state index >= 15 is 0 Å². The number of aromatic carboxylic acids is 1. The van der Waals surface area contributed by atoms with E-state index in [1.54, 1.807) is 43.3 Å². The number of carboxylic acid groups (broad SMARTS) is 1. The SMILES string of the molecule is CCOC(=O)C1=C(c2ccccc2)N=c2s/c(=C\c3ccccc3OCc3ccc(C(=O)O)cc3)c(=O)n2[C@H]1c1ccc2c(c1)OCO2. The third-order valence-corrected chi connectivity index (χ3v) is 8.87. The Balaban J connectivity index is 1.36. The monoisotopic (exact) mass is 660 g/mol. The Hall–Kier alpha value is -5.94. The molecule has 0 amide bonds. The number of esters is 1. The number of carbonyl (C=O) groups is 2. The number of hydrogen-bond acceptors (Lipinski definition) is 9. The van der Waals surface area contributed by atoms with Gasteiger partial charge in [0.15, 0.2) is 16.3 Å². The van der Waals surface area contributed by atoms with Crippen LogP contribution in [0.15, 0.2) is 112 Å². The second kappa shape index (κ2) is 13.0. The maximum atomic E-state index is 14.3. The number of para-hydroxylation sites is 1. The molecular weight excluding hydrogens is 632 g/mol. The van der Waals surface area contributed by atoms with Gasteiger partial charge < -0.3 is 24.1 Å². The summed E-state index contributed by atoms with van der Waals surface area (Å²) in [4.78, 5) is 44.6. The van der Waals surface area contributed by atoms with Crippen LogP contribution >= 0.6 is 11.3 Å². The molecule has 3 heterocycles. The van der Waals surface area contributed by atoms with Gasteiger partial charge in [-0.3, -0.25) is 9.36 Å². The van der Waals surface area contributed by atoms with Crippen LogP contribution in [0, 0.1) is 0 Å². The summed E-state index contributed by atoms with van der Waals surface area (Å²) in [6, 6.07) is 27.6. The number of hydrogen-bond donors (Lipinski definition) is 1. The largest absolute Gasteiger partial charge is 0.488 e. The summed E-state index contributed by atoms with van der Waals surface area (Å²) >= 11 is 1.21. The summed E-state index contributed by atoms with van der Waals surface area (Å²) in [5.41, 5.74) is 3.30. The predicted molar refractivity (Wildman–Crippen MR) is 178 cm³/mol. The molecule has 4 aromatic carbocycles. The van der Waals surface area contributed by atoms with Gasteiger partial charge in [-0.25, -0.2) is 14.6 Å². The zero-order valence-corrected chi connectivity index (χ0v) is 26.4. The number of nitrogens with zero attached hydrogens (tertiary/aromatic N) is 2. The molecular formula is C37H28N2O8S. The molecule has 0 unspecified atom stereocenters. The summed E-state index contributed by atoms with van der Waals surface area (Å²) in [7, 11) is 0. The van der Waals surface area contributed by atoms with Crippen molar-refractivity contribution in [2.45, 2.75) is 19.6 Å². The Morgan fingerprint density at radius 3 is 2.50 bits per heavy atom. The normalized spacial score (nSPS) is 15.1. The van der Waals surface area contributed by atoms with Crippen LogP contribution in [0.4, 0.5) is 0 Å². The molecule has 10 nitrogen and oxygen atoms in total. The van der Waals surface area contributed by atoms with E-state index in [0.717, 1.165) is 5.56 Å². The van der Waals surface area contributed by atoms with Crippen molar-refractivity contribution in [3.05, 3.63) is 150 Å². The lowest BCUT2D eigenvalue weighted by Gasteiger charge is -2.26. The second-order valence-corrected chi connectivity index (χ2v) is 11.9. The van der Waals surface area contributed by atoms with Gasteiger partial charge in [-0.05, 0) is 54.5 Å². The lowest BCUT2D eigenvalue weighted by molar-refractivity contribution is -0.138. The van der Waals surface area contributed by atoms with E-state index in [1.807, 2.05) is 54.6 Å². The molecule has 0 spiro atoms. The van der Waals surface area contributed by atoms with Crippen LogP contribution in [-0.4, -0.2) is 35.0 Å². The highest BCUT2D eigenvalue weighted by Crippen LogP contribution is 2.40. The molecule has 2 aliphatic rings. The number of fused-ring (bicyclic) bond motifs is 2. The number of ether oxygens (including phenoxy) is 4. The average Bonchev–Trinajstić information content (AvgIpc) is 3.71. The average molecular weight is 661 g/mol. The van der Waals surface area contributed by atoms with Gasteiger partial charge in [0.1, 0.15) is 12.4 Å². The van der Waals surface area contributed by atoms with Gasteiger partial charge in [-0.2, -0.15) is 0 Å². The maximum Gasteiger partial charge on any atom is 0.338 e. The summed E-state index contributed by atoms with van der Waals surface area (Å²) < 4.78 is 24.8. The quantitative estimate of drug-likeness (QED) is 0.221. The van der Waals surface area contributed by atoms with Crippen molar-refractivity contribution in [2.24, 2.45) is 4.99 Å². The van der Waals surface area contributed by atoms with Crippen molar-refractivity contribution in [3.63, 3.8) is 0 Å². The van der Waals surface area contributed by atoms with E-state index in [2.05, 4.69) is 0 Å². The smallest absolute Gasteiger partial charge is 0.338 e. The first-order valence-electron chi connectivity index (χ1n) is 15.1. The lowest BCUT2D eigenvalue weighted by atomic mass is 9.93. The van der Waals surface area contributed by atoms with Gasteiger partial charge in [0.25, 0.3) is 5.56 Å². The minimum atomic E-state index is -1.000. The molecule has 0 bridgehead atoms. The Morgan fingerprint density at radius 1 is 0.979 bits per heavy atom. The first kappa shape index (κ1) is 30.7. The molecule has 2 aliphatic heterocycles. The molecule has 0 aliphatic carbocycles. The standard InChI is InChI=1S/C37H28N2O8S/c1-2-44-36(43)31-32(23-8-4-3-5-9-23)38-37-39(33(31)26-16-17-28-29(18-26)47-21-46-28)34(40)30(48-37)19-25-10-6-7-11-27(25)45-20-22-12-14-24(15-13-22)35(41)42/h3-19,33H,2,20-21H2,1H3,(H,41,42)/b30-19-/t33-/m0/s1. The zero-order valence-electron chi connectivity index (χ0n) is 25.6. The van der Waals surface area contributed by atoms with Gasteiger partial charge in [-0.15, -0.1) is 0 Å². The maximum absolute atomic E-state index is 14.3. The van der Waals surface area contributed by atoms with Crippen molar-refractivity contribution in [2.75, 3.05) is 13.4 Å². The summed E-state index contributed by atoms with van der Waals surface area (Å²) in [6.45, 7) is 2.14.